The van der Waals surface area contributed by atoms with E-state index < -0.39 is 0 Å². The molecule has 25 heavy (non-hydrogen) atoms. The number of amides is 1. The Morgan fingerprint density at radius 2 is 2.04 bits per heavy atom. The van der Waals surface area contributed by atoms with Crippen molar-refractivity contribution < 1.29 is 4.79 Å². The summed E-state index contributed by atoms with van der Waals surface area (Å²) in [5, 5.41) is 11.8. The molecule has 3 N–H and O–H groups in total. The molecule has 0 bridgehead atoms. The minimum absolute atomic E-state index is 0.0394. The third kappa shape index (κ3) is 4.99. The molecular weight excluding hydrogens is 334 g/mol. The average molecular weight is 359 g/mol. The van der Waals surface area contributed by atoms with E-state index in [-0.39, 0.29) is 18.4 Å². The van der Waals surface area contributed by atoms with E-state index in [1.165, 1.54) is 29.7 Å². The van der Waals surface area contributed by atoms with E-state index in [9.17, 15) is 4.79 Å². The molecule has 1 aromatic carbocycles. The van der Waals surface area contributed by atoms with Crippen LogP contribution in [0.4, 0.5) is 5.13 Å². The number of carbonyl (C=O) groups is 1. The summed E-state index contributed by atoms with van der Waals surface area (Å²) in [4.78, 5) is 14.7. The van der Waals surface area contributed by atoms with Crippen LogP contribution < -0.4 is 11.1 Å². The fourth-order valence-electron chi connectivity index (χ4n) is 3.22. The molecule has 1 aromatic heterocycles. The number of nitrogen functional groups attached to an aromatic ring is 1. The second-order valence-electron chi connectivity index (χ2n) is 6.66. The maximum Gasteiger partial charge on any atom is 0.227 e. The molecule has 1 saturated heterocycles. The van der Waals surface area contributed by atoms with Gasteiger partial charge in [-0.15, -0.1) is 10.2 Å². The number of carbonyl (C=O) groups excluding carboxylic acids is 1. The largest absolute Gasteiger partial charge is 0.374 e. The molecule has 6 nitrogen and oxygen atoms in total. The molecular formula is C18H25N5OS. The van der Waals surface area contributed by atoms with E-state index in [2.05, 4.69) is 51.6 Å². The molecule has 2 heterocycles. The van der Waals surface area contributed by atoms with Crippen molar-refractivity contribution in [3.63, 3.8) is 0 Å². The zero-order valence-corrected chi connectivity index (χ0v) is 15.3. The highest BCUT2D eigenvalue weighted by Gasteiger charge is 2.25. The standard InChI is InChI=1S/C18H25N5OS/c1-13-7-9-23(10-8-13)15(14-5-3-2-4-6-14)12-20-16(24)11-17-21-22-18(19)25-17/h2-6,13,15H,7-12H2,1H3,(H2,19,22)(H,20,24). The molecule has 0 aliphatic carbocycles. The summed E-state index contributed by atoms with van der Waals surface area (Å²) in [7, 11) is 0. The molecule has 0 spiro atoms. The zero-order chi connectivity index (χ0) is 17.6. The number of anilines is 1. The van der Waals surface area contributed by atoms with Crippen molar-refractivity contribution in [2.45, 2.75) is 32.2 Å². The van der Waals surface area contributed by atoms with Gasteiger partial charge < -0.3 is 11.1 Å². The topological polar surface area (TPSA) is 84.1 Å². The van der Waals surface area contributed by atoms with Gasteiger partial charge >= 0.3 is 0 Å². The first-order valence-electron chi connectivity index (χ1n) is 8.75. The van der Waals surface area contributed by atoms with Crippen LogP contribution in [0.15, 0.2) is 30.3 Å². The lowest BCUT2D eigenvalue weighted by Crippen LogP contribution is -2.42. The van der Waals surface area contributed by atoms with Crippen molar-refractivity contribution in [2.75, 3.05) is 25.4 Å². The first kappa shape index (κ1) is 17.8. The molecule has 1 amide bonds. The van der Waals surface area contributed by atoms with Gasteiger partial charge in [0.1, 0.15) is 5.01 Å². The van der Waals surface area contributed by atoms with Gasteiger partial charge in [-0.25, -0.2) is 0 Å². The Bertz CT molecular complexity index is 682. The molecule has 0 saturated carbocycles. The fourth-order valence-corrected chi connectivity index (χ4v) is 3.83. The summed E-state index contributed by atoms with van der Waals surface area (Å²) >= 11 is 1.26. The molecule has 1 aliphatic rings. The van der Waals surface area contributed by atoms with Gasteiger partial charge in [0.05, 0.1) is 12.5 Å². The monoisotopic (exact) mass is 359 g/mol. The van der Waals surface area contributed by atoms with Gasteiger partial charge in [-0.3, -0.25) is 9.69 Å². The van der Waals surface area contributed by atoms with Crippen molar-refractivity contribution in [3.8, 4) is 0 Å². The lowest BCUT2D eigenvalue weighted by atomic mass is 9.95. The first-order valence-corrected chi connectivity index (χ1v) is 9.57. The van der Waals surface area contributed by atoms with Crippen LogP contribution in [0.1, 0.15) is 36.4 Å². The third-order valence-corrected chi connectivity index (χ3v) is 5.48. The van der Waals surface area contributed by atoms with Crippen molar-refractivity contribution in [1.29, 1.82) is 0 Å². The SMILES string of the molecule is CC1CCN(C(CNC(=O)Cc2nnc(N)s2)c2ccccc2)CC1. The van der Waals surface area contributed by atoms with Crippen molar-refractivity contribution >= 4 is 22.4 Å². The number of hydrogen-bond acceptors (Lipinski definition) is 6. The molecule has 1 atom stereocenters. The van der Waals surface area contributed by atoms with Crippen molar-refractivity contribution in [1.82, 2.24) is 20.4 Å². The quantitative estimate of drug-likeness (QED) is 0.826. The minimum Gasteiger partial charge on any atom is -0.374 e. The Morgan fingerprint density at radius 1 is 1.32 bits per heavy atom. The van der Waals surface area contributed by atoms with Crippen LogP contribution in [0.25, 0.3) is 0 Å². The van der Waals surface area contributed by atoms with Crippen LogP contribution in [0, 0.1) is 5.92 Å². The number of nitrogens with zero attached hydrogens (tertiary/aromatic N) is 3. The summed E-state index contributed by atoms with van der Waals surface area (Å²) in [5.41, 5.74) is 6.82. The maximum atomic E-state index is 12.3. The van der Waals surface area contributed by atoms with E-state index in [1.54, 1.807) is 0 Å². The van der Waals surface area contributed by atoms with E-state index in [1.807, 2.05) is 6.07 Å². The lowest BCUT2D eigenvalue weighted by Gasteiger charge is -2.37. The summed E-state index contributed by atoms with van der Waals surface area (Å²) < 4.78 is 0. The molecule has 2 aromatic rings. The van der Waals surface area contributed by atoms with Gasteiger partial charge in [-0.2, -0.15) is 0 Å². The first-order chi connectivity index (χ1) is 12.1. The van der Waals surface area contributed by atoms with Gasteiger partial charge in [0.15, 0.2) is 0 Å². The van der Waals surface area contributed by atoms with Crippen molar-refractivity contribution in [3.05, 3.63) is 40.9 Å². The van der Waals surface area contributed by atoms with Gasteiger partial charge in [0, 0.05) is 6.54 Å². The second kappa shape index (κ2) is 8.40. The van der Waals surface area contributed by atoms with Gasteiger partial charge in [0.25, 0.3) is 0 Å². The maximum absolute atomic E-state index is 12.3. The van der Waals surface area contributed by atoms with E-state index in [0.717, 1.165) is 19.0 Å². The number of benzene rings is 1. The normalized spacial score (nSPS) is 17.3. The lowest BCUT2D eigenvalue weighted by molar-refractivity contribution is -0.120. The van der Waals surface area contributed by atoms with Gasteiger partial charge in [0.2, 0.25) is 11.0 Å². The zero-order valence-electron chi connectivity index (χ0n) is 14.5. The summed E-state index contributed by atoms with van der Waals surface area (Å²) in [6.07, 6.45) is 2.65. The Balaban J connectivity index is 1.62. The molecule has 0 radical (unpaired) electrons. The number of likely N-dealkylation sites (tertiary alicyclic amines) is 1. The number of hydrogen-bond donors (Lipinski definition) is 2. The van der Waals surface area contributed by atoms with E-state index >= 15 is 0 Å². The molecule has 3 rings (SSSR count). The molecule has 1 aliphatic heterocycles. The second-order valence-corrected chi connectivity index (χ2v) is 7.75. The Hall–Kier alpha value is -1.99. The average Bonchev–Trinajstić information content (AvgIpc) is 3.02. The molecule has 134 valence electrons. The number of rotatable bonds is 6. The highest BCUT2D eigenvalue weighted by atomic mass is 32.1. The highest BCUT2D eigenvalue weighted by Crippen LogP contribution is 2.26. The number of aromatic nitrogens is 2. The predicted octanol–water partition coefficient (Wildman–Crippen LogP) is 2.25. The smallest absolute Gasteiger partial charge is 0.227 e. The molecule has 1 fully saturated rings. The van der Waals surface area contributed by atoms with Crippen LogP contribution in [0.2, 0.25) is 0 Å². The van der Waals surface area contributed by atoms with Gasteiger partial charge in [-0.1, -0.05) is 48.6 Å². The minimum atomic E-state index is -0.0394. The van der Waals surface area contributed by atoms with E-state index in [0.29, 0.717) is 16.7 Å². The van der Waals surface area contributed by atoms with Crippen LogP contribution >= 0.6 is 11.3 Å². The number of nitrogens with one attached hydrogen (secondary N) is 1. The highest BCUT2D eigenvalue weighted by molar-refractivity contribution is 7.15. The third-order valence-electron chi connectivity index (χ3n) is 4.73. The summed E-state index contributed by atoms with van der Waals surface area (Å²) in [5.74, 6) is 0.743. The Labute approximate surface area is 152 Å². The number of piperidine rings is 1. The Morgan fingerprint density at radius 3 is 2.68 bits per heavy atom. The molecule has 1 unspecified atom stereocenters. The van der Waals surface area contributed by atoms with E-state index in [4.69, 9.17) is 5.73 Å². The summed E-state index contributed by atoms with van der Waals surface area (Å²) in [6.45, 7) is 5.06. The molecule has 7 heteroatoms. The van der Waals surface area contributed by atoms with Crippen LogP contribution in [0.5, 0.6) is 0 Å². The van der Waals surface area contributed by atoms with Crippen molar-refractivity contribution in [2.24, 2.45) is 5.92 Å². The Kier molecular flexibility index (Phi) is 5.99. The van der Waals surface area contributed by atoms with Gasteiger partial charge in [-0.05, 0) is 37.4 Å². The predicted molar refractivity (Wildman–Crippen MR) is 100 cm³/mol. The number of nitrogens with two attached hydrogens (primary N) is 1. The van der Waals surface area contributed by atoms with Crippen LogP contribution in [0.3, 0.4) is 0 Å². The van der Waals surface area contributed by atoms with Crippen LogP contribution in [-0.2, 0) is 11.2 Å². The summed E-state index contributed by atoms with van der Waals surface area (Å²) in [6, 6.07) is 10.6. The fraction of sp³-hybridized carbons (Fsp3) is 0.500. The van der Waals surface area contributed by atoms with Crippen LogP contribution in [-0.4, -0.2) is 40.6 Å².